The Morgan fingerprint density at radius 2 is 2.06 bits per heavy atom. The van der Waals surface area contributed by atoms with Gasteiger partial charge in [0.15, 0.2) is 0 Å². The third-order valence-electron chi connectivity index (χ3n) is 3.65. The topological polar surface area (TPSA) is 0 Å². The zero-order chi connectivity index (χ0) is 11.4. The van der Waals surface area contributed by atoms with E-state index in [0.29, 0.717) is 11.8 Å². The second-order valence-electron chi connectivity index (χ2n) is 4.79. The Labute approximate surface area is 102 Å². The first-order valence-electron chi connectivity index (χ1n) is 6.10. The molecule has 1 saturated carbocycles. The molecule has 0 saturated heterocycles. The monoisotopic (exact) mass is 240 g/mol. The van der Waals surface area contributed by atoms with Gasteiger partial charge in [-0.2, -0.15) is 0 Å². The summed E-state index contributed by atoms with van der Waals surface area (Å²) >= 11 is 6.04. The lowest BCUT2D eigenvalue weighted by Gasteiger charge is -2.20. The van der Waals surface area contributed by atoms with Crippen molar-refractivity contribution in [1.29, 1.82) is 0 Å². The summed E-state index contributed by atoms with van der Waals surface area (Å²) in [5.41, 5.74) is 1.08. The highest BCUT2D eigenvalue weighted by atomic mass is 35.5. The third-order valence-corrected chi connectivity index (χ3v) is 4.05. The molecule has 2 heteroatoms. The maximum Gasteiger partial charge on any atom is 0.123 e. The Morgan fingerprint density at radius 3 is 2.69 bits per heavy atom. The number of rotatable bonds is 4. The number of halogens is 2. The average molecular weight is 241 g/mol. The van der Waals surface area contributed by atoms with Crippen LogP contribution in [0, 0.1) is 17.7 Å². The molecule has 1 fully saturated rings. The standard InChI is InChI=1S/C14H18ClF/c15-10-13(12-5-1-2-6-12)8-11-4-3-7-14(16)9-11/h3-4,7,9,12-13H,1-2,5-6,8,10H2. The molecule has 1 atom stereocenters. The van der Waals surface area contributed by atoms with E-state index in [1.54, 1.807) is 12.1 Å². The minimum absolute atomic E-state index is 0.141. The lowest BCUT2D eigenvalue weighted by atomic mass is 9.87. The highest BCUT2D eigenvalue weighted by Crippen LogP contribution is 2.33. The van der Waals surface area contributed by atoms with Gasteiger partial charge in [0, 0.05) is 5.88 Å². The summed E-state index contributed by atoms with van der Waals surface area (Å²) in [6.45, 7) is 0. The summed E-state index contributed by atoms with van der Waals surface area (Å²) in [6, 6.07) is 6.91. The van der Waals surface area contributed by atoms with Crippen molar-refractivity contribution >= 4 is 11.6 Å². The predicted molar refractivity (Wildman–Crippen MR) is 66.3 cm³/mol. The molecule has 16 heavy (non-hydrogen) atoms. The maximum absolute atomic E-state index is 13.1. The molecule has 1 unspecified atom stereocenters. The fraction of sp³-hybridized carbons (Fsp3) is 0.571. The normalized spacial score (nSPS) is 18.9. The Morgan fingerprint density at radius 1 is 1.31 bits per heavy atom. The molecule has 0 aliphatic heterocycles. The predicted octanol–water partition coefficient (Wildman–Crippen LogP) is 4.41. The molecule has 0 nitrogen and oxygen atoms in total. The van der Waals surface area contributed by atoms with Crippen LogP contribution in [0.2, 0.25) is 0 Å². The van der Waals surface area contributed by atoms with Gasteiger partial charge in [0.1, 0.15) is 5.82 Å². The number of benzene rings is 1. The van der Waals surface area contributed by atoms with Crippen LogP contribution >= 0.6 is 11.6 Å². The first kappa shape index (κ1) is 11.9. The van der Waals surface area contributed by atoms with Gasteiger partial charge in [-0.3, -0.25) is 0 Å². The van der Waals surface area contributed by atoms with Crippen molar-refractivity contribution in [2.45, 2.75) is 32.1 Å². The van der Waals surface area contributed by atoms with Crippen molar-refractivity contribution in [2.75, 3.05) is 5.88 Å². The van der Waals surface area contributed by atoms with Gasteiger partial charge < -0.3 is 0 Å². The fourth-order valence-corrected chi connectivity index (χ4v) is 3.10. The molecule has 0 spiro atoms. The first-order valence-corrected chi connectivity index (χ1v) is 6.63. The first-order chi connectivity index (χ1) is 7.79. The lowest BCUT2D eigenvalue weighted by Crippen LogP contribution is -2.16. The Kier molecular flexibility index (Phi) is 4.22. The summed E-state index contributed by atoms with van der Waals surface area (Å²) in [7, 11) is 0. The molecule has 0 amide bonds. The van der Waals surface area contributed by atoms with E-state index < -0.39 is 0 Å². The van der Waals surface area contributed by atoms with Gasteiger partial charge >= 0.3 is 0 Å². The van der Waals surface area contributed by atoms with Crippen LogP contribution in [0.1, 0.15) is 31.2 Å². The highest BCUT2D eigenvalue weighted by molar-refractivity contribution is 6.18. The van der Waals surface area contributed by atoms with E-state index in [2.05, 4.69) is 0 Å². The van der Waals surface area contributed by atoms with E-state index in [9.17, 15) is 4.39 Å². The molecule has 0 aromatic heterocycles. The van der Waals surface area contributed by atoms with Crippen LogP contribution in [0.15, 0.2) is 24.3 Å². The van der Waals surface area contributed by atoms with Gasteiger partial charge in [-0.15, -0.1) is 11.6 Å². The third kappa shape index (κ3) is 2.98. The minimum atomic E-state index is -0.141. The van der Waals surface area contributed by atoms with Crippen LogP contribution in [0.4, 0.5) is 4.39 Å². The van der Waals surface area contributed by atoms with E-state index >= 15 is 0 Å². The molecule has 0 N–H and O–H groups in total. The SMILES string of the molecule is Fc1cccc(CC(CCl)C2CCCC2)c1. The van der Waals surface area contributed by atoms with Crippen LogP contribution in [0.5, 0.6) is 0 Å². The van der Waals surface area contributed by atoms with Crippen molar-refractivity contribution in [1.82, 2.24) is 0 Å². The summed E-state index contributed by atoms with van der Waals surface area (Å²) < 4.78 is 13.1. The van der Waals surface area contributed by atoms with Gasteiger partial charge in [-0.1, -0.05) is 37.8 Å². The van der Waals surface area contributed by atoms with E-state index in [4.69, 9.17) is 11.6 Å². The van der Waals surface area contributed by atoms with Crippen LogP contribution in [-0.2, 0) is 6.42 Å². The largest absolute Gasteiger partial charge is 0.207 e. The van der Waals surface area contributed by atoms with Crippen molar-refractivity contribution in [3.63, 3.8) is 0 Å². The molecule has 2 rings (SSSR count). The van der Waals surface area contributed by atoms with Crippen LogP contribution in [0.25, 0.3) is 0 Å². The van der Waals surface area contributed by atoms with Crippen LogP contribution < -0.4 is 0 Å². The number of alkyl halides is 1. The van der Waals surface area contributed by atoms with Crippen molar-refractivity contribution in [2.24, 2.45) is 11.8 Å². The molecular weight excluding hydrogens is 223 g/mol. The van der Waals surface area contributed by atoms with Gasteiger partial charge in [0.05, 0.1) is 0 Å². The molecular formula is C14H18ClF. The van der Waals surface area contributed by atoms with Crippen molar-refractivity contribution in [3.8, 4) is 0 Å². The lowest BCUT2D eigenvalue weighted by molar-refractivity contribution is 0.369. The second kappa shape index (κ2) is 5.67. The Bertz CT molecular complexity index is 331. The van der Waals surface area contributed by atoms with E-state index in [-0.39, 0.29) is 5.82 Å². The van der Waals surface area contributed by atoms with Crippen LogP contribution in [0.3, 0.4) is 0 Å². The Hall–Kier alpha value is -0.560. The summed E-state index contributed by atoms with van der Waals surface area (Å²) in [5, 5.41) is 0. The smallest absolute Gasteiger partial charge is 0.123 e. The summed E-state index contributed by atoms with van der Waals surface area (Å²) in [5.74, 6) is 1.82. The number of hydrogen-bond donors (Lipinski definition) is 0. The summed E-state index contributed by atoms with van der Waals surface area (Å²) in [6.07, 6.45) is 6.19. The zero-order valence-electron chi connectivity index (χ0n) is 9.46. The Balaban J connectivity index is 2.00. The maximum atomic E-state index is 13.1. The highest BCUT2D eigenvalue weighted by Gasteiger charge is 2.24. The zero-order valence-corrected chi connectivity index (χ0v) is 10.2. The van der Waals surface area contributed by atoms with Crippen molar-refractivity contribution < 1.29 is 4.39 Å². The van der Waals surface area contributed by atoms with E-state index in [1.807, 2.05) is 6.07 Å². The number of hydrogen-bond acceptors (Lipinski definition) is 0. The van der Waals surface area contributed by atoms with Gasteiger partial charge in [0.25, 0.3) is 0 Å². The fourth-order valence-electron chi connectivity index (χ4n) is 2.74. The molecule has 0 radical (unpaired) electrons. The molecule has 0 heterocycles. The van der Waals surface area contributed by atoms with Crippen molar-refractivity contribution in [3.05, 3.63) is 35.6 Å². The quantitative estimate of drug-likeness (QED) is 0.684. The molecule has 1 aromatic rings. The molecule has 0 bridgehead atoms. The van der Waals surface area contributed by atoms with E-state index in [0.717, 1.165) is 17.9 Å². The van der Waals surface area contributed by atoms with Gasteiger partial charge in [-0.05, 0) is 36.0 Å². The molecule has 1 aliphatic carbocycles. The van der Waals surface area contributed by atoms with Gasteiger partial charge in [-0.25, -0.2) is 4.39 Å². The van der Waals surface area contributed by atoms with Gasteiger partial charge in [0.2, 0.25) is 0 Å². The second-order valence-corrected chi connectivity index (χ2v) is 5.10. The molecule has 1 aromatic carbocycles. The minimum Gasteiger partial charge on any atom is -0.207 e. The molecule has 1 aliphatic rings. The average Bonchev–Trinajstić information content (AvgIpc) is 2.79. The molecule has 88 valence electrons. The summed E-state index contributed by atoms with van der Waals surface area (Å²) in [4.78, 5) is 0. The van der Waals surface area contributed by atoms with Crippen LogP contribution in [-0.4, -0.2) is 5.88 Å². The van der Waals surface area contributed by atoms with E-state index in [1.165, 1.54) is 31.7 Å².